The van der Waals surface area contributed by atoms with Crippen LogP contribution in [0.4, 0.5) is 11.4 Å². The van der Waals surface area contributed by atoms with Crippen molar-refractivity contribution in [1.82, 2.24) is 4.98 Å². The van der Waals surface area contributed by atoms with E-state index in [0.29, 0.717) is 23.6 Å². The van der Waals surface area contributed by atoms with Gasteiger partial charge in [-0.25, -0.2) is 0 Å². The number of hydrogen-bond acceptors (Lipinski definition) is 5. The zero-order valence-electron chi connectivity index (χ0n) is 17.1. The molecular weight excluding hydrogens is 366 g/mol. The van der Waals surface area contributed by atoms with E-state index in [-0.39, 0.29) is 5.91 Å². The van der Waals surface area contributed by atoms with Crippen LogP contribution in [0.15, 0.2) is 54.9 Å². The maximum atomic E-state index is 12.6. The molecule has 1 aromatic heterocycles. The van der Waals surface area contributed by atoms with E-state index < -0.39 is 0 Å². The van der Waals surface area contributed by atoms with Crippen molar-refractivity contribution < 1.29 is 14.3 Å². The number of anilines is 2. The Morgan fingerprint density at radius 2 is 1.69 bits per heavy atom. The Morgan fingerprint density at radius 1 is 0.897 bits per heavy atom. The molecule has 1 amide bonds. The molecule has 0 aliphatic heterocycles. The van der Waals surface area contributed by atoms with Gasteiger partial charge < -0.3 is 20.1 Å². The van der Waals surface area contributed by atoms with Gasteiger partial charge in [0.1, 0.15) is 0 Å². The summed E-state index contributed by atoms with van der Waals surface area (Å²) in [7, 11) is 3.21. The first-order valence-electron chi connectivity index (χ1n) is 9.28. The number of pyridine rings is 1. The van der Waals surface area contributed by atoms with Crippen LogP contribution < -0.4 is 20.1 Å². The smallest absolute Gasteiger partial charge is 0.257 e. The molecule has 0 unspecified atom stereocenters. The lowest BCUT2D eigenvalue weighted by Crippen LogP contribution is -2.13. The van der Waals surface area contributed by atoms with E-state index in [2.05, 4.69) is 15.6 Å². The molecule has 6 nitrogen and oxygen atoms in total. The van der Waals surface area contributed by atoms with Crippen molar-refractivity contribution >= 4 is 17.3 Å². The van der Waals surface area contributed by atoms with Crippen molar-refractivity contribution in [2.75, 3.05) is 24.9 Å². The number of nitrogens with zero attached hydrogens (tertiary/aromatic N) is 1. The number of ether oxygens (including phenoxy) is 2. The molecule has 0 bridgehead atoms. The molecule has 0 atom stereocenters. The van der Waals surface area contributed by atoms with Gasteiger partial charge in [-0.2, -0.15) is 0 Å². The molecule has 0 saturated carbocycles. The van der Waals surface area contributed by atoms with E-state index in [4.69, 9.17) is 9.47 Å². The van der Waals surface area contributed by atoms with E-state index in [0.717, 1.165) is 22.5 Å². The van der Waals surface area contributed by atoms with Gasteiger partial charge in [-0.1, -0.05) is 12.1 Å². The molecule has 0 aliphatic rings. The molecule has 150 valence electrons. The van der Waals surface area contributed by atoms with Crippen LogP contribution in [0.3, 0.4) is 0 Å². The number of nitrogens with one attached hydrogen (secondary N) is 2. The summed E-state index contributed by atoms with van der Waals surface area (Å²) in [5, 5.41) is 6.20. The molecule has 29 heavy (non-hydrogen) atoms. The number of carbonyl (C=O) groups excluding carboxylic acids is 1. The van der Waals surface area contributed by atoms with Crippen LogP contribution in [0, 0.1) is 13.8 Å². The van der Waals surface area contributed by atoms with Gasteiger partial charge >= 0.3 is 0 Å². The third kappa shape index (κ3) is 5.04. The number of rotatable bonds is 7. The molecule has 3 rings (SSSR count). The zero-order valence-corrected chi connectivity index (χ0v) is 17.1. The SMILES string of the molecule is COc1ccc(CNc2cncc(C(=O)Nc3ccc(C)c(C)c3)c2)cc1OC. The van der Waals surface area contributed by atoms with Crippen molar-refractivity contribution in [2.45, 2.75) is 20.4 Å². The molecule has 0 aliphatic carbocycles. The van der Waals surface area contributed by atoms with Gasteiger partial charge in [0.25, 0.3) is 5.91 Å². The molecule has 6 heteroatoms. The number of benzene rings is 2. The lowest BCUT2D eigenvalue weighted by Gasteiger charge is -2.12. The topological polar surface area (TPSA) is 72.5 Å². The van der Waals surface area contributed by atoms with E-state index >= 15 is 0 Å². The summed E-state index contributed by atoms with van der Waals surface area (Å²) >= 11 is 0. The summed E-state index contributed by atoms with van der Waals surface area (Å²) in [6.07, 6.45) is 3.24. The lowest BCUT2D eigenvalue weighted by molar-refractivity contribution is 0.102. The van der Waals surface area contributed by atoms with Gasteiger partial charge in [0.15, 0.2) is 11.5 Å². The third-order valence-electron chi connectivity index (χ3n) is 4.71. The Morgan fingerprint density at radius 3 is 2.41 bits per heavy atom. The Labute approximate surface area is 170 Å². The summed E-state index contributed by atoms with van der Waals surface area (Å²) in [5.41, 5.74) is 5.35. The fourth-order valence-electron chi connectivity index (χ4n) is 2.88. The normalized spacial score (nSPS) is 10.3. The third-order valence-corrected chi connectivity index (χ3v) is 4.71. The molecule has 2 aromatic carbocycles. The maximum Gasteiger partial charge on any atom is 0.257 e. The molecule has 1 heterocycles. The minimum absolute atomic E-state index is 0.199. The van der Waals surface area contributed by atoms with Gasteiger partial charge in [-0.3, -0.25) is 9.78 Å². The first-order chi connectivity index (χ1) is 14.0. The minimum atomic E-state index is -0.199. The van der Waals surface area contributed by atoms with Crippen molar-refractivity contribution in [3.8, 4) is 11.5 Å². The number of aromatic nitrogens is 1. The minimum Gasteiger partial charge on any atom is -0.493 e. The Kier molecular flexibility index (Phi) is 6.34. The first-order valence-corrected chi connectivity index (χ1v) is 9.28. The van der Waals surface area contributed by atoms with Gasteiger partial charge in [-0.15, -0.1) is 0 Å². The summed E-state index contributed by atoms with van der Waals surface area (Å²) < 4.78 is 10.6. The molecule has 0 saturated heterocycles. The molecule has 0 radical (unpaired) electrons. The van der Waals surface area contributed by atoms with Crippen LogP contribution >= 0.6 is 0 Å². The number of aryl methyl sites for hydroxylation is 2. The van der Waals surface area contributed by atoms with Crippen molar-refractivity contribution in [2.24, 2.45) is 0 Å². The predicted molar refractivity (Wildman–Crippen MR) is 115 cm³/mol. The summed E-state index contributed by atoms with van der Waals surface area (Å²) in [5.74, 6) is 1.16. The van der Waals surface area contributed by atoms with Crippen LogP contribution in [0.2, 0.25) is 0 Å². The van der Waals surface area contributed by atoms with E-state index in [1.54, 1.807) is 32.7 Å². The fraction of sp³-hybridized carbons (Fsp3) is 0.217. The van der Waals surface area contributed by atoms with Crippen molar-refractivity contribution in [3.63, 3.8) is 0 Å². The summed E-state index contributed by atoms with van der Waals surface area (Å²) in [4.78, 5) is 16.8. The predicted octanol–water partition coefficient (Wildman–Crippen LogP) is 4.58. The van der Waals surface area contributed by atoms with Gasteiger partial charge in [0.2, 0.25) is 0 Å². The second-order valence-corrected chi connectivity index (χ2v) is 6.76. The van der Waals surface area contributed by atoms with E-state index in [1.165, 1.54) is 5.56 Å². The molecular formula is C23H25N3O3. The standard InChI is InChI=1S/C23H25N3O3/c1-15-5-7-19(9-16(15)2)26-23(27)18-11-20(14-24-13-18)25-12-17-6-8-21(28-3)22(10-17)29-4/h5-11,13-14,25H,12H2,1-4H3,(H,26,27). The highest BCUT2D eigenvalue weighted by Gasteiger charge is 2.09. The highest BCUT2D eigenvalue weighted by Crippen LogP contribution is 2.27. The maximum absolute atomic E-state index is 12.6. The number of methoxy groups -OCH3 is 2. The molecule has 2 N–H and O–H groups in total. The summed E-state index contributed by atoms with van der Waals surface area (Å²) in [6.45, 7) is 4.62. The number of hydrogen-bond donors (Lipinski definition) is 2. The van der Waals surface area contributed by atoms with Crippen LogP contribution in [0.1, 0.15) is 27.0 Å². The highest BCUT2D eigenvalue weighted by molar-refractivity contribution is 6.04. The average Bonchev–Trinajstić information content (AvgIpc) is 2.74. The zero-order chi connectivity index (χ0) is 20.8. The number of amides is 1. The van der Waals surface area contributed by atoms with Gasteiger partial charge in [-0.05, 0) is 60.9 Å². The molecule has 3 aromatic rings. The first kappa shape index (κ1) is 20.2. The van der Waals surface area contributed by atoms with Gasteiger partial charge in [0.05, 0.1) is 25.5 Å². The lowest BCUT2D eigenvalue weighted by atomic mass is 10.1. The average molecular weight is 391 g/mol. The Hall–Kier alpha value is -3.54. The van der Waals surface area contributed by atoms with Crippen molar-refractivity contribution in [3.05, 3.63) is 77.1 Å². The van der Waals surface area contributed by atoms with Crippen LogP contribution in [0.25, 0.3) is 0 Å². The Balaban J connectivity index is 1.67. The van der Waals surface area contributed by atoms with E-state index in [9.17, 15) is 4.79 Å². The molecule has 0 fully saturated rings. The monoisotopic (exact) mass is 391 g/mol. The fourth-order valence-corrected chi connectivity index (χ4v) is 2.88. The van der Waals surface area contributed by atoms with E-state index in [1.807, 2.05) is 50.2 Å². The van der Waals surface area contributed by atoms with Crippen LogP contribution in [0.5, 0.6) is 11.5 Å². The second-order valence-electron chi connectivity index (χ2n) is 6.76. The molecule has 0 spiro atoms. The number of carbonyl (C=O) groups is 1. The quantitative estimate of drug-likeness (QED) is 0.617. The highest BCUT2D eigenvalue weighted by atomic mass is 16.5. The van der Waals surface area contributed by atoms with Crippen LogP contribution in [-0.2, 0) is 6.54 Å². The van der Waals surface area contributed by atoms with Crippen LogP contribution in [-0.4, -0.2) is 25.1 Å². The Bertz CT molecular complexity index is 1020. The second kappa shape index (κ2) is 9.10. The van der Waals surface area contributed by atoms with Crippen molar-refractivity contribution in [1.29, 1.82) is 0 Å². The largest absolute Gasteiger partial charge is 0.493 e. The summed E-state index contributed by atoms with van der Waals surface area (Å²) in [6, 6.07) is 13.4. The van der Waals surface area contributed by atoms with Gasteiger partial charge in [0, 0.05) is 24.6 Å².